The largest absolute Gasteiger partial charge is 0.376 e. The minimum atomic E-state index is -3.97. The number of halogens is 2. The number of sulfone groups is 1. The summed E-state index contributed by atoms with van der Waals surface area (Å²) >= 11 is 0. The lowest BCUT2D eigenvalue weighted by Gasteiger charge is -2.15. The van der Waals surface area contributed by atoms with E-state index in [4.69, 9.17) is 10.5 Å². The molecule has 2 N–H and O–H groups in total. The van der Waals surface area contributed by atoms with Gasteiger partial charge in [-0.2, -0.15) is 0 Å². The highest BCUT2D eigenvalue weighted by atomic mass is 32.2. The first-order valence-electron chi connectivity index (χ1n) is 5.40. The minimum Gasteiger partial charge on any atom is -0.376 e. The Balaban J connectivity index is 3.02. The molecule has 0 aliphatic carbocycles. The summed E-state index contributed by atoms with van der Waals surface area (Å²) in [6.45, 7) is 1.98. The SMILES string of the molecule is CCOC(CN)CS(=O)(=O)c1cc(F)ccc1F. The van der Waals surface area contributed by atoms with Gasteiger partial charge in [0.15, 0.2) is 9.84 Å². The van der Waals surface area contributed by atoms with Gasteiger partial charge in [-0.1, -0.05) is 0 Å². The number of hydrogen-bond acceptors (Lipinski definition) is 4. The first kappa shape index (κ1) is 15.0. The van der Waals surface area contributed by atoms with E-state index in [9.17, 15) is 17.2 Å². The maximum Gasteiger partial charge on any atom is 0.183 e. The van der Waals surface area contributed by atoms with E-state index in [1.54, 1.807) is 6.92 Å². The highest BCUT2D eigenvalue weighted by molar-refractivity contribution is 7.91. The highest BCUT2D eigenvalue weighted by Crippen LogP contribution is 2.18. The maximum absolute atomic E-state index is 13.4. The van der Waals surface area contributed by atoms with Crippen LogP contribution in [0.4, 0.5) is 8.78 Å². The average Bonchev–Trinajstić information content (AvgIpc) is 2.31. The fourth-order valence-corrected chi connectivity index (χ4v) is 3.03. The van der Waals surface area contributed by atoms with Crippen molar-refractivity contribution in [2.75, 3.05) is 18.9 Å². The van der Waals surface area contributed by atoms with Crippen molar-refractivity contribution in [2.24, 2.45) is 5.73 Å². The summed E-state index contributed by atoms with van der Waals surface area (Å²) in [7, 11) is -3.97. The molecule has 102 valence electrons. The van der Waals surface area contributed by atoms with E-state index >= 15 is 0 Å². The van der Waals surface area contributed by atoms with Crippen molar-refractivity contribution in [3.8, 4) is 0 Å². The summed E-state index contributed by atoms with van der Waals surface area (Å²) < 4.78 is 55.3. The molecule has 0 aromatic heterocycles. The second-order valence-electron chi connectivity index (χ2n) is 3.67. The molecule has 1 aromatic carbocycles. The van der Waals surface area contributed by atoms with Gasteiger partial charge in [0.1, 0.15) is 16.5 Å². The molecule has 0 radical (unpaired) electrons. The van der Waals surface area contributed by atoms with Gasteiger partial charge in [0.05, 0.1) is 11.9 Å². The smallest absolute Gasteiger partial charge is 0.183 e. The normalized spacial score (nSPS) is 13.6. The molecule has 1 rings (SSSR count). The van der Waals surface area contributed by atoms with Crippen LogP contribution in [0, 0.1) is 11.6 Å². The topological polar surface area (TPSA) is 69.4 Å². The molecule has 18 heavy (non-hydrogen) atoms. The third kappa shape index (κ3) is 3.72. The summed E-state index contributed by atoms with van der Waals surface area (Å²) in [4.78, 5) is -0.666. The van der Waals surface area contributed by atoms with E-state index in [2.05, 4.69) is 0 Å². The molecule has 0 saturated heterocycles. The second kappa shape index (κ2) is 6.21. The van der Waals surface area contributed by atoms with E-state index in [1.807, 2.05) is 0 Å². The van der Waals surface area contributed by atoms with E-state index in [1.165, 1.54) is 0 Å². The van der Waals surface area contributed by atoms with Gasteiger partial charge in [-0.3, -0.25) is 0 Å². The first-order valence-corrected chi connectivity index (χ1v) is 7.05. The van der Waals surface area contributed by atoms with Crippen LogP contribution in [0.2, 0.25) is 0 Å². The zero-order chi connectivity index (χ0) is 13.8. The lowest BCUT2D eigenvalue weighted by molar-refractivity contribution is 0.0846. The van der Waals surface area contributed by atoms with Crippen LogP contribution in [0.15, 0.2) is 23.1 Å². The molecular formula is C11H15F2NO3S. The molecule has 1 atom stereocenters. The second-order valence-corrected chi connectivity index (χ2v) is 5.67. The van der Waals surface area contributed by atoms with Gasteiger partial charge >= 0.3 is 0 Å². The molecule has 0 fully saturated rings. The third-order valence-electron chi connectivity index (χ3n) is 2.30. The number of hydrogen-bond donors (Lipinski definition) is 1. The van der Waals surface area contributed by atoms with Gasteiger partial charge in [-0.05, 0) is 25.1 Å². The Morgan fingerprint density at radius 3 is 2.61 bits per heavy atom. The zero-order valence-electron chi connectivity index (χ0n) is 9.90. The Morgan fingerprint density at radius 2 is 2.06 bits per heavy atom. The molecule has 0 saturated carbocycles. The van der Waals surface area contributed by atoms with Gasteiger partial charge in [0, 0.05) is 13.2 Å². The van der Waals surface area contributed by atoms with Crippen molar-refractivity contribution >= 4 is 9.84 Å². The summed E-state index contributed by atoms with van der Waals surface area (Å²) in [5, 5.41) is 0. The predicted octanol–water partition coefficient (Wildman–Crippen LogP) is 1.10. The van der Waals surface area contributed by atoms with Crippen molar-refractivity contribution in [2.45, 2.75) is 17.9 Å². The fraction of sp³-hybridized carbons (Fsp3) is 0.455. The van der Waals surface area contributed by atoms with E-state index in [0.717, 1.165) is 12.1 Å². The fourth-order valence-electron chi connectivity index (χ4n) is 1.47. The van der Waals surface area contributed by atoms with Crippen molar-refractivity contribution in [3.63, 3.8) is 0 Å². The van der Waals surface area contributed by atoms with Crippen molar-refractivity contribution in [1.29, 1.82) is 0 Å². The molecule has 1 aromatic rings. The Bertz CT molecular complexity index is 505. The highest BCUT2D eigenvalue weighted by Gasteiger charge is 2.24. The standard InChI is InChI=1S/C11H15F2NO3S/c1-2-17-9(6-14)7-18(15,16)11-5-8(12)3-4-10(11)13/h3-5,9H,2,6-7,14H2,1H3. The number of nitrogens with two attached hydrogens (primary N) is 1. The van der Waals surface area contributed by atoms with Crippen molar-refractivity contribution < 1.29 is 21.9 Å². The van der Waals surface area contributed by atoms with Crippen LogP contribution in [0.25, 0.3) is 0 Å². The van der Waals surface area contributed by atoms with E-state index < -0.39 is 38.2 Å². The molecule has 7 heteroatoms. The quantitative estimate of drug-likeness (QED) is 0.846. The van der Waals surface area contributed by atoms with E-state index in [-0.39, 0.29) is 6.54 Å². The number of rotatable bonds is 6. The molecule has 4 nitrogen and oxygen atoms in total. The van der Waals surface area contributed by atoms with Crippen LogP contribution in [0.3, 0.4) is 0 Å². The molecule has 0 amide bonds. The van der Waals surface area contributed by atoms with Crippen molar-refractivity contribution in [1.82, 2.24) is 0 Å². The number of ether oxygens (including phenoxy) is 1. The Labute approximate surface area is 105 Å². The third-order valence-corrected chi connectivity index (χ3v) is 4.09. The Hall–Kier alpha value is -1.05. The summed E-state index contributed by atoms with van der Waals surface area (Å²) in [6.07, 6.45) is -0.734. The van der Waals surface area contributed by atoms with E-state index in [0.29, 0.717) is 12.7 Å². The van der Waals surface area contributed by atoms with Crippen LogP contribution >= 0.6 is 0 Å². The molecular weight excluding hydrogens is 264 g/mol. The van der Waals surface area contributed by atoms with Crippen LogP contribution in [0.5, 0.6) is 0 Å². The molecule has 0 heterocycles. The summed E-state index contributed by atoms with van der Waals surface area (Å²) in [6, 6.07) is 2.29. The number of benzene rings is 1. The molecule has 0 aliphatic rings. The first-order chi connectivity index (χ1) is 8.40. The van der Waals surface area contributed by atoms with Crippen LogP contribution in [0.1, 0.15) is 6.92 Å². The molecule has 0 spiro atoms. The van der Waals surface area contributed by atoms with Gasteiger partial charge in [-0.25, -0.2) is 17.2 Å². The van der Waals surface area contributed by atoms with Crippen molar-refractivity contribution in [3.05, 3.63) is 29.8 Å². The monoisotopic (exact) mass is 279 g/mol. The molecule has 0 aliphatic heterocycles. The Morgan fingerprint density at radius 1 is 1.39 bits per heavy atom. The van der Waals surface area contributed by atoms with Crippen LogP contribution in [-0.4, -0.2) is 33.4 Å². The Kier molecular flexibility index (Phi) is 5.18. The van der Waals surface area contributed by atoms with Crippen LogP contribution < -0.4 is 5.73 Å². The van der Waals surface area contributed by atoms with Gasteiger partial charge < -0.3 is 10.5 Å². The lowest BCUT2D eigenvalue weighted by Crippen LogP contribution is -2.32. The summed E-state index contributed by atoms with van der Waals surface area (Å²) in [5.74, 6) is -2.27. The van der Waals surface area contributed by atoms with Gasteiger partial charge in [0.2, 0.25) is 0 Å². The van der Waals surface area contributed by atoms with Gasteiger partial charge in [0.25, 0.3) is 0 Å². The van der Waals surface area contributed by atoms with Crippen LogP contribution in [-0.2, 0) is 14.6 Å². The average molecular weight is 279 g/mol. The predicted molar refractivity (Wildman–Crippen MR) is 62.9 cm³/mol. The molecule has 1 unspecified atom stereocenters. The zero-order valence-corrected chi connectivity index (χ0v) is 10.7. The lowest BCUT2D eigenvalue weighted by atomic mass is 10.3. The van der Waals surface area contributed by atoms with Gasteiger partial charge in [-0.15, -0.1) is 0 Å². The minimum absolute atomic E-state index is 0.00992. The summed E-state index contributed by atoms with van der Waals surface area (Å²) in [5.41, 5.74) is 5.35. The maximum atomic E-state index is 13.4. The molecule has 0 bridgehead atoms.